The second-order valence-electron chi connectivity index (χ2n) is 5.81. The van der Waals surface area contributed by atoms with Crippen LogP contribution in [0, 0.1) is 6.92 Å². The van der Waals surface area contributed by atoms with Gasteiger partial charge in [0.1, 0.15) is 5.75 Å². The van der Waals surface area contributed by atoms with Crippen LogP contribution < -0.4 is 10.1 Å². The van der Waals surface area contributed by atoms with E-state index in [1.807, 2.05) is 13.0 Å². The lowest BCUT2D eigenvalue weighted by molar-refractivity contribution is -0.141. The van der Waals surface area contributed by atoms with Crippen LogP contribution in [-0.4, -0.2) is 33.4 Å². The van der Waals surface area contributed by atoms with Gasteiger partial charge in [0.15, 0.2) is 5.69 Å². The van der Waals surface area contributed by atoms with E-state index in [0.717, 1.165) is 11.8 Å². The van der Waals surface area contributed by atoms with Crippen LogP contribution in [0.25, 0.3) is 11.3 Å². The Balaban J connectivity index is 1.87. The summed E-state index contributed by atoms with van der Waals surface area (Å²) in [4.78, 5) is 7.83. The fourth-order valence-electron chi connectivity index (χ4n) is 2.51. The number of hydrogen-bond donors (Lipinski definition) is 1. The Kier molecular flexibility index (Phi) is 5.29. The van der Waals surface area contributed by atoms with Gasteiger partial charge in [-0.25, -0.2) is 9.97 Å². The summed E-state index contributed by atoms with van der Waals surface area (Å²) in [5, 5.41) is 6.98. The van der Waals surface area contributed by atoms with E-state index in [1.54, 1.807) is 35.1 Å². The van der Waals surface area contributed by atoms with Crippen LogP contribution in [0.1, 0.15) is 11.4 Å². The molecule has 0 saturated carbocycles. The molecule has 3 rings (SSSR count). The van der Waals surface area contributed by atoms with Gasteiger partial charge in [-0.3, -0.25) is 4.68 Å². The first-order chi connectivity index (χ1) is 12.9. The van der Waals surface area contributed by atoms with Crippen molar-refractivity contribution in [3.63, 3.8) is 0 Å². The third kappa shape index (κ3) is 4.55. The summed E-state index contributed by atoms with van der Waals surface area (Å²) < 4.78 is 46.6. The summed E-state index contributed by atoms with van der Waals surface area (Å²) in [5.41, 5.74) is 0.620. The molecule has 3 aromatic rings. The Morgan fingerprint density at radius 2 is 1.96 bits per heavy atom. The monoisotopic (exact) mass is 377 g/mol. The van der Waals surface area contributed by atoms with Crippen LogP contribution in [0.3, 0.4) is 0 Å². The number of nitrogens with zero attached hydrogens (tertiary/aromatic N) is 4. The number of anilines is 1. The number of aromatic nitrogens is 4. The molecule has 0 fully saturated rings. The lowest BCUT2D eigenvalue weighted by atomic mass is 10.1. The van der Waals surface area contributed by atoms with Crippen LogP contribution in [0.4, 0.5) is 19.1 Å². The fourth-order valence-corrected chi connectivity index (χ4v) is 2.51. The van der Waals surface area contributed by atoms with Crippen molar-refractivity contribution in [1.29, 1.82) is 0 Å². The number of halogens is 3. The molecule has 0 spiro atoms. The van der Waals surface area contributed by atoms with E-state index in [0.29, 0.717) is 24.4 Å². The molecular formula is C18H18F3N5O. The summed E-state index contributed by atoms with van der Waals surface area (Å²) in [6.07, 6.45) is -2.91. The van der Waals surface area contributed by atoms with Crippen molar-refractivity contribution >= 4 is 5.95 Å². The summed E-state index contributed by atoms with van der Waals surface area (Å²) in [6.45, 7) is 2.71. The van der Waals surface area contributed by atoms with Crippen LogP contribution in [0.15, 0.2) is 42.6 Å². The van der Waals surface area contributed by atoms with Crippen molar-refractivity contribution in [3.05, 3.63) is 54.0 Å². The zero-order valence-corrected chi connectivity index (χ0v) is 14.8. The summed E-state index contributed by atoms with van der Waals surface area (Å²) in [5.74, 6) is 0.441. The highest BCUT2D eigenvalue weighted by molar-refractivity contribution is 5.63. The van der Waals surface area contributed by atoms with Gasteiger partial charge in [0.2, 0.25) is 5.95 Å². The van der Waals surface area contributed by atoms with Crippen molar-refractivity contribution < 1.29 is 17.9 Å². The molecule has 1 aromatic carbocycles. The molecule has 6 nitrogen and oxygen atoms in total. The maximum absolute atomic E-state index is 13.3. The van der Waals surface area contributed by atoms with Gasteiger partial charge in [-0.15, -0.1) is 0 Å². The van der Waals surface area contributed by atoms with Gasteiger partial charge < -0.3 is 10.1 Å². The normalized spacial score (nSPS) is 11.4. The maximum Gasteiger partial charge on any atom is 0.433 e. The SMILES string of the molecule is COc1cccc(-c2cc(C(F)(F)F)nc(NCCn3nccc3C)n2)c1. The molecule has 0 aliphatic rings. The van der Waals surface area contributed by atoms with Crippen molar-refractivity contribution in [2.45, 2.75) is 19.6 Å². The number of benzene rings is 1. The molecule has 0 aliphatic carbocycles. The molecule has 142 valence electrons. The van der Waals surface area contributed by atoms with Crippen molar-refractivity contribution in [1.82, 2.24) is 19.7 Å². The molecule has 0 amide bonds. The van der Waals surface area contributed by atoms with Gasteiger partial charge in [-0.1, -0.05) is 12.1 Å². The number of nitrogens with one attached hydrogen (secondary N) is 1. The third-order valence-corrected chi connectivity index (χ3v) is 3.92. The predicted molar refractivity (Wildman–Crippen MR) is 94.5 cm³/mol. The predicted octanol–water partition coefficient (Wildman–Crippen LogP) is 3.79. The zero-order chi connectivity index (χ0) is 19.4. The van der Waals surface area contributed by atoms with Crippen molar-refractivity contribution in [2.24, 2.45) is 0 Å². The second kappa shape index (κ2) is 7.65. The van der Waals surface area contributed by atoms with E-state index in [2.05, 4.69) is 20.4 Å². The van der Waals surface area contributed by atoms with Gasteiger partial charge in [-0.05, 0) is 31.2 Å². The molecule has 0 unspecified atom stereocenters. The lowest BCUT2D eigenvalue weighted by Gasteiger charge is -2.12. The average molecular weight is 377 g/mol. The number of methoxy groups -OCH3 is 1. The molecule has 2 aromatic heterocycles. The Morgan fingerprint density at radius 3 is 2.63 bits per heavy atom. The van der Waals surface area contributed by atoms with Crippen LogP contribution in [0.2, 0.25) is 0 Å². The van der Waals surface area contributed by atoms with E-state index in [-0.39, 0.29) is 11.6 Å². The molecule has 0 bridgehead atoms. The van der Waals surface area contributed by atoms with E-state index in [4.69, 9.17) is 4.74 Å². The smallest absolute Gasteiger partial charge is 0.433 e. The quantitative estimate of drug-likeness (QED) is 0.708. The average Bonchev–Trinajstić information content (AvgIpc) is 3.06. The minimum atomic E-state index is -4.58. The summed E-state index contributed by atoms with van der Waals surface area (Å²) >= 11 is 0. The lowest BCUT2D eigenvalue weighted by Crippen LogP contribution is -2.16. The largest absolute Gasteiger partial charge is 0.497 e. The highest BCUT2D eigenvalue weighted by Crippen LogP contribution is 2.31. The number of hydrogen-bond acceptors (Lipinski definition) is 5. The van der Waals surface area contributed by atoms with Crippen molar-refractivity contribution in [2.75, 3.05) is 19.0 Å². The topological polar surface area (TPSA) is 64.9 Å². The first kappa shape index (κ1) is 18.7. The first-order valence-corrected chi connectivity index (χ1v) is 8.20. The molecule has 1 N–H and O–H groups in total. The molecule has 0 aliphatic heterocycles. The number of aryl methyl sites for hydroxylation is 1. The second-order valence-corrected chi connectivity index (χ2v) is 5.81. The minimum absolute atomic E-state index is 0.0903. The van der Waals surface area contributed by atoms with Gasteiger partial charge >= 0.3 is 6.18 Å². The highest BCUT2D eigenvalue weighted by Gasteiger charge is 2.33. The minimum Gasteiger partial charge on any atom is -0.497 e. The summed E-state index contributed by atoms with van der Waals surface area (Å²) in [6, 6.07) is 9.47. The Hall–Kier alpha value is -3.10. The zero-order valence-electron chi connectivity index (χ0n) is 14.8. The van der Waals surface area contributed by atoms with Gasteiger partial charge in [0.05, 0.1) is 19.3 Å². The van der Waals surface area contributed by atoms with Crippen LogP contribution in [0.5, 0.6) is 5.75 Å². The molecule has 2 heterocycles. The Labute approximate surface area is 154 Å². The van der Waals surface area contributed by atoms with Crippen molar-refractivity contribution in [3.8, 4) is 17.0 Å². The maximum atomic E-state index is 13.3. The number of alkyl halides is 3. The highest BCUT2D eigenvalue weighted by atomic mass is 19.4. The first-order valence-electron chi connectivity index (χ1n) is 8.20. The number of rotatable bonds is 6. The van der Waals surface area contributed by atoms with Gasteiger partial charge in [0.25, 0.3) is 0 Å². The molecule has 0 atom stereocenters. The Morgan fingerprint density at radius 1 is 1.15 bits per heavy atom. The third-order valence-electron chi connectivity index (χ3n) is 3.92. The number of ether oxygens (including phenoxy) is 1. The molecule has 0 radical (unpaired) electrons. The van der Waals surface area contributed by atoms with Gasteiger partial charge in [-0.2, -0.15) is 18.3 Å². The van der Waals surface area contributed by atoms with E-state index in [1.165, 1.54) is 7.11 Å². The molecule has 27 heavy (non-hydrogen) atoms. The molecule has 9 heteroatoms. The summed E-state index contributed by atoms with van der Waals surface area (Å²) in [7, 11) is 1.49. The standard InChI is InChI=1S/C18H18F3N5O/c1-12-6-7-23-26(12)9-8-22-17-24-15(11-16(25-17)18(19,20)21)13-4-3-5-14(10-13)27-2/h3-7,10-11H,8-9H2,1-2H3,(H,22,24,25). The fraction of sp³-hybridized carbons (Fsp3) is 0.278. The molecule has 0 saturated heterocycles. The Bertz CT molecular complexity index is 923. The molecular weight excluding hydrogens is 359 g/mol. The van der Waals surface area contributed by atoms with E-state index < -0.39 is 11.9 Å². The van der Waals surface area contributed by atoms with E-state index in [9.17, 15) is 13.2 Å². The van der Waals surface area contributed by atoms with Crippen LogP contribution >= 0.6 is 0 Å². The van der Waals surface area contributed by atoms with Crippen LogP contribution in [-0.2, 0) is 12.7 Å². The van der Waals surface area contributed by atoms with E-state index >= 15 is 0 Å². The van der Waals surface area contributed by atoms with Gasteiger partial charge in [0, 0.05) is 24.0 Å².